The molecule has 0 fully saturated rings. The summed E-state index contributed by atoms with van der Waals surface area (Å²) in [7, 11) is 0. The summed E-state index contributed by atoms with van der Waals surface area (Å²) in [6, 6.07) is 21.2. The van der Waals surface area contributed by atoms with Crippen molar-refractivity contribution in [2.24, 2.45) is 5.10 Å². The summed E-state index contributed by atoms with van der Waals surface area (Å²) in [5.41, 5.74) is 4.46. The van der Waals surface area contributed by atoms with E-state index in [0.29, 0.717) is 22.6 Å². The number of hydrazone groups is 1. The fourth-order valence-corrected chi connectivity index (χ4v) is 2.81. The largest absolute Gasteiger partial charge is 0.484 e. The van der Waals surface area contributed by atoms with Crippen molar-refractivity contribution in [3.8, 4) is 11.5 Å². The normalized spacial score (nSPS) is 10.6. The van der Waals surface area contributed by atoms with Gasteiger partial charge in [0.25, 0.3) is 5.91 Å². The van der Waals surface area contributed by atoms with Crippen LogP contribution >= 0.6 is 15.9 Å². The zero-order valence-corrected chi connectivity index (χ0v) is 17.8. The summed E-state index contributed by atoms with van der Waals surface area (Å²) in [5, 5.41) is 3.93. The van der Waals surface area contributed by atoms with E-state index in [-0.39, 0.29) is 6.61 Å². The molecule has 0 bridgehead atoms. The summed E-state index contributed by atoms with van der Waals surface area (Å²) in [4.78, 5) is 24.3. The predicted octanol–water partition coefficient (Wildman–Crippen LogP) is 4.51. The zero-order valence-electron chi connectivity index (χ0n) is 16.2. The van der Waals surface area contributed by atoms with Gasteiger partial charge in [-0.3, -0.25) is 4.79 Å². The number of amides is 1. The minimum Gasteiger partial charge on any atom is -0.484 e. The maximum Gasteiger partial charge on any atom is 0.343 e. The third kappa shape index (κ3) is 6.28. The van der Waals surface area contributed by atoms with Gasteiger partial charge < -0.3 is 9.47 Å². The average Bonchev–Trinajstić information content (AvgIpc) is 2.75. The van der Waals surface area contributed by atoms with E-state index in [4.69, 9.17) is 9.47 Å². The first kappa shape index (κ1) is 21.3. The van der Waals surface area contributed by atoms with Crippen molar-refractivity contribution in [2.75, 3.05) is 6.61 Å². The summed E-state index contributed by atoms with van der Waals surface area (Å²) >= 11 is 3.37. The van der Waals surface area contributed by atoms with Crippen molar-refractivity contribution in [1.82, 2.24) is 5.43 Å². The van der Waals surface area contributed by atoms with Crippen LogP contribution in [0.15, 0.2) is 82.4 Å². The lowest BCUT2D eigenvalue weighted by Crippen LogP contribution is -2.24. The number of nitrogens with one attached hydrogen (secondary N) is 1. The van der Waals surface area contributed by atoms with Crippen molar-refractivity contribution in [1.29, 1.82) is 0 Å². The van der Waals surface area contributed by atoms with E-state index in [1.165, 1.54) is 6.21 Å². The highest BCUT2D eigenvalue weighted by Crippen LogP contribution is 2.23. The molecule has 0 atom stereocenters. The van der Waals surface area contributed by atoms with E-state index >= 15 is 0 Å². The first-order valence-electron chi connectivity index (χ1n) is 9.09. The maximum atomic E-state index is 12.3. The molecule has 0 radical (unpaired) electrons. The highest BCUT2D eigenvalue weighted by molar-refractivity contribution is 9.10. The zero-order chi connectivity index (χ0) is 21.3. The van der Waals surface area contributed by atoms with Gasteiger partial charge in [-0.25, -0.2) is 10.2 Å². The molecule has 3 rings (SSSR count). The van der Waals surface area contributed by atoms with Crippen molar-refractivity contribution in [2.45, 2.75) is 6.92 Å². The number of carbonyl (C=O) groups excluding carboxylic acids is 2. The second-order valence-corrected chi connectivity index (χ2v) is 7.25. The Balaban J connectivity index is 1.60. The molecule has 3 aromatic carbocycles. The van der Waals surface area contributed by atoms with Crippen LogP contribution in [0, 0.1) is 6.92 Å². The van der Waals surface area contributed by atoms with Gasteiger partial charge in [0.05, 0.1) is 11.8 Å². The summed E-state index contributed by atoms with van der Waals surface area (Å²) < 4.78 is 11.7. The van der Waals surface area contributed by atoms with Crippen LogP contribution in [-0.4, -0.2) is 24.7 Å². The van der Waals surface area contributed by atoms with Gasteiger partial charge >= 0.3 is 5.97 Å². The standard InChI is InChI=1S/C23H19BrN2O4/c1-16-7-10-20(11-8-16)29-15-22(27)26-25-14-18-13-19(24)9-12-21(18)30-23(28)17-5-3-2-4-6-17/h2-14H,15H2,1H3,(H,26,27)/b25-14+. The first-order valence-corrected chi connectivity index (χ1v) is 9.89. The van der Waals surface area contributed by atoms with Gasteiger partial charge in [-0.2, -0.15) is 5.10 Å². The minimum absolute atomic E-state index is 0.172. The van der Waals surface area contributed by atoms with Crippen molar-refractivity contribution in [3.05, 3.63) is 94.0 Å². The predicted molar refractivity (Wildman–Crippen MR) is 118 cm³/mol. The van der Waals surface area contributed by atoms with Crippen LogP contribution in [0.2, 0.25) is 0 Å². The highest BCUT2D eigenvalue weighted by atomic mass is 79.9. The average molecular weight is 467 g/mol. The number of nitrogens with zero attached hydrogens (tertiary/aromatic N) is 1. The Morgan fingerprint density at radius 3 is 2.50 bits per heavy atom. The summed E-state index contributed by atoms with van der Waals surface area (Å²) in [6.07, 6.45) is 1.40. The van der Waals surface area contributed by atoms with E-state index in [2.05, 4.69) is 26.5 Å². The number of carbonyl (C=O) groups is 2. The smallest absolute Gasteiger partial charge is 0.343 e. The minimum atomic E-state index is -0.483. The van der Waals surface area contributed by atoms with E-state index in [1.54, 1.807) is 54.6 Å². The van der Waals surface area contributed by atoms with Gasteiger partial charge in [0.1, 0.15) is 11.5 Å². The van der Waals surface area contributed by atoms with Gasteiger partial charge in [-0.1, -0.05) is 51.8 Å². The molecule has 0 unspecified atom stereocenters. The van der Waals surface area contributed by atoms with Crippen LogP contribution in [0.25, 0.3) is 0 Å². The molecule has 1 N–H and O–H groups in total. The molecule has 0 saturated heterocycles. The monoisotopic (exact) mass is 466 g/mol. The molecule has 30 heavy (non-hydrogen) atoms. The Kier molecular flexibility index (Phi) is 7.34. The van der Waals surface area contributed by atoms with E-state index in [9.17, 15) is 9.59 Å². The van der Waals surface area contributed by atoms with Crippen LogP contribution in [0.4, 0.5) is 0 Å². The van der Waals surface area contributed by atoms with Crippen LogP contribution < -0.4 is 14.9 Å². The lowest BCUT2D eigenvalue weighted by molar-refractivity contribution is -0.123. The van der Waals surface area contributed by atoms with Crippen LogP contribution in [0.1, 0.15) is 21.5 Å². The van der Waals surface area contributed by atoms with Crippen LogP contribution in [0.5, 0.6) is 11.5 Å². The Hall–Kier alpha value is -3.45. The Morgan fingerprint density at radius 1 is 1.03 bits per heavy atom. The molecular weight excluding hydrogens is 448 g/mol. The molecule has 0 aliphatic carbocycles. The van der Waals surface area contributed by atoms with E-state index in [0.717, 1.165) is 10.0 Å². The molecular formula is C23H19BrN2O4. The van der Waals surface area contributed by atoms with E-state index < -0.39 is 11.9 Å². The van der Waals surface area contributed by atoms with Crippen LogP contribution in [-0.2, 0) is 4.79 Å². The lowest BCUT2D eigenvalue weighted by atomic mass is 10.2. The Morgan fingerprint density at radius 2 is 1.77 bits per heavy atom. The quantitative estimate of drug-likeness (QED) is 0.240. The molecule has 1 amide bonds. The molecule has 0 aromatic heterocycles. The number of halogens is 1. The van der Waals surface area contributed by atoms with Crippen molar-refractivity contribution >= 4 is 34.0 Å². The molecule has 7 heteroatoms. The molecule has 0 aliphatic rings. The fourth-order valence-electron chi connectivity index (χ4n) is 2.44. The topological polar surface area (TPSA) is 77.0 Å². The maximum absolute atomic E-state index is 12.3. The Labute approximate surface area is 182 Å². The number of hydrogen-bond donors (Lipinski definition) is 1. The molecule has 152 valence electrons. The number of hydrogen-bond acceptors (Lipinski definition) is 5. The molecule has 0 heterocycles. The number of benzene rings is 3. The van der Waals surface area contributed by atoms with Crippen molar-refractivity contribution < 1.29 is 19.1 Å². The van der Waals surface area contributed by atoms with E-state index in [1.807, 2.05) is 25.1 Å². The third-order valence-electron chi connectivity index (χ3n) is 3.97. The molecule has 6 nitrogen and oxygen atoms in total. The number of ether oxygens (including phenoxy) is 2. The Bertz CT molecular complexity index is 1050. The lowest BCUT2D eigenvalue weighted by Gasteiger charge is -2.08. The van der Waals surface area contributed by atoms with Crippen molar-refractivity contribution in [3.63, 3.8) is 0 Å². The highest BCUT2D eigenvalue weighted by Gasteiger charge is 2.11. The summed E-state index contributed by atoms with van der Waals surface area (Å²) in [6.45, 7) is 1.80. The molecule has 3 aromatic rings. The fraction of sp³-hybridized carbons (Fsp3) is 0.0870. The van der Waals surface area contributed by atoms with Gasteiger partial charge in [0.15, 0.2) is 6.61 Å². The second kappa shape index (κ2) is 10.4. The second-order valence-electron chi connectivity index (χ2n) is 6.33. The van der Waals surface area contributed by atoms with Gasteiger partial charge in [0, 0.05) is 10.0 Å². The number of rotatable bonds is 7. The van der Waals surface area contributed by atoms with Gasteiger partial charge in [-0.05, 0) is 49.4 Å². The van der Waals surface area contributed by atoms with Gasteiger partial charge in [-0.15, -0.1) is 0 Å². The summed E-state index contributed by atoms with van der Waals surface area (Å²) in [5.74, 6) is 0.0237. The SMILES string of the molecule is Cc1ccc(OCC(=O)N/N=C/c2cc(Br)ccc2OC(=O)c2ccccc2)cc1. The number of esters is 1. The molecule has 0 aliphatic heterocycles. The third-order valence-corrected chi connectivity index (χ3v) is 4.46. The first-order chi connectivity index (χ1) is 14.5. The van der Waals surface area contributed by atoms with Gasteiger partial charge in [0.2, 0.25) is 0 Å². The van der Waals surface area contributed by atoms with Crippen LogP contribution in [0.3, 0.4) is 0 Å². The molecule has 0 spiro atoms. The molecule has 0 saturated carbocycles. The number of aryl methyl sites for hydroxylation is 1.